The zero-order valence-electron chi connectivity index (χ0n) is 8.44. The van der Waals surface area contributed by atoms with Crippen LogP contribution in [0.5, 0.6) is 0 Å². The average molecular weight is 188 g/mol. The summed E-state index contributed by atoms with van der Waals surface area (Å²) in [6.07, 6.45) is 3.08. The van der Waals surface area contributed by atoms with E-state index in [1.165, 1.54) is 0 Å². The summed E-state index contributed by atoms with van der Waals surface area (Å²) in [5.74, 6) is 0. The fourth-order valence-electron chi connectivity index (χ4n) is 1.60. The van der Waals surface area contributed by atoms with Crippen LogP contribution in [0.2, 0.25) is 0 Å². The maximum Gasteiger partial charge on any atom is 0.0806 e. The van der Waals surface area contributed by atoms with E-state index in [9.17, 15) is 10.2 Å². The van der Waals surface area contributed by atoms with E-state index >= 15 is 0 Å². The highest BCUT2D eigenvalue weighted by molar-refractivity contribution is 4.73. The molecule has 0 spiro atoms. The predicted molar refractivity (Wildman–Crippen MR) is 50.5 cm³/mol. The lowest BCUT2D eigenvalue weighted by atomic mass is 9.95. The Bertz CT molecular complexity index is 139. The molecule has 1 aliphatic carbocycles. The lowest BCUT2D eigenvalue weighted by Crippen LogP contribution is -2.32. The summed E-state index contributed by atoms with van der Waals surface area (Å²) in [4.78, 5) is 0. The normalized spacial score (nSPS) is 34.2. The Morgan fingerprint density at radius 3 is 2.15 bits per heavy atom. The van der Waals surface area contributed by atoms with Gasteiger partial charge in [0.2, 0.25) is 0 Å². The number of ether oxygens (including phenoxy) is 1. The third-order valence-electron chi connectivity index (χ3n) is 2.73. The number of aliphatic hydroxyl groups is 2. The fraction of sp³-hybridized carbons (Fsp3) is 1.00. The van der Waals surface area contributed by atoms with Gasteiger partial charge in [-0.1, -0.05) is 0 Å². The Kier molecular flexibility index (Phi) is 4.16. The smallest absolute Gasteiger partial charge is 0.0806 e. The van der Waals surface area contributed by atoms with Crippen molar-refractivity contribution in [3.63, 3.8) is 0 Å². The third-order valence-corrected chi connectivity index (χ3v) is 2.73. The van der Waals surface area contributed by atoms with Crippen LogP contribution in [0.4, 0.5) is 0 Å². The summed E-state index contributed by atoms with van der Waals surface area (Å²) in [5.41, 5.74) is 0. The van der Waals surface area contributed by atoms with E-state index in [1.807, 2.05) is 6.92 Å². The van der Waals surface area contributed by atoms with Gasteiger partial charge in [-0.2, -0.15) is 0 Å². The molecule has 0 bridgehead atoms. The molecule has 2 unspecified atom stereocenters. The first kappa shape index (κ1) is 11.0. The van der Waals surface area contributed by atoms with Gasteiger partial charge < -0.3 is 14.9 Å². The number of rotatable bonds is 3. The van der Waals surface area contributed by atoms with Gasteiger partial charge in [-0.3, -0.25) is 0 Å². The highest BCUT2D eigenvalue weighted by atomic mass is 16.5. The van der Waals surface area contributed by atoms with E-state index in [0.29, 0.717) is 0 Å². The second kappa shape index (κ2) is 4.94. The largest absolute Gasteiger partial charge is 0.393 e. The Morgan fingerprint density at radius 2 is 1.69 bits per heavy atom. The Labute approximate surface area is 79.7 Å². The van der Waals surface area contributed by atoms with E-state index in [-0.39, 0.29) is 18.3 Å². The molecule has 0 radical (unpaired) electrons. The SMILES string of the molecule is CC(O)C(C)OC1CCC(O)CC1. The molecule has 3 heteroatoms. The molecule has 3 nitrogen and oxygen atoms in total. The van der Waals surface area contributed by atoms with Crippen LogP contribution in [0.3, 0.4) is 0 Å². The van der Waals surface area contributed by atoms with E-state index < -0.39 is 6.10 Å². The molecular formula is C10H20O3. The Hall–Kier alpha value is -0.120. The molecule has 0 saturated heterocycles. The van der Waals surface area contributed by atoms with Gasteiger partial charge in [0.05, 0.1) is 24.4 Å². The Morgan fingerprint density at radius 1 is 1.15 bits per heavy atom. The average Bonchev–Trinajstić information content (AvgIpc) is 2.08. The van der Waals surface area contributed by atoms with Crippen molar-refractivity contribution in [2.75, 3.05) is 0 Å². The molecule has 0 heterocycles. The van der Waals surface area contributed by atoms with Gasteiger partial charge in [0, 0.05) is 0 Å². The first-order chi connectivity index (χ1) is 6.09. The highest BCUT2D eigenvalue weighted by Crippen LogP contribution is 2.22. The summed E-state index contributed by atoms with van der Waals surface area (Å²) >= 11 is 0. The lowest BCUT2D eigenvalue weighted by Gasteiger charge is -2.29. The standard InChI is InChI=1S/C10H20O3/c1-7(11)8(2)13-10-5-3-9(12)4-6-10/h7-12H,3-6H2,1-2H3. The van der Waals surface area contributed by atoms with Crippen LogP contribution in [0.1, 0.15) is 39.5 Å². The predicted octanol–water partition coefficient (Wildman–Crippen LogP) is 1.08. The van der Waals surface area contributed by atoms with Crippen molar-refractivity contribution >= 4 is 0 Å². The first-order valence-electron chi connectivity index (χ1n) is 5.11. The minimum Gasteiger partial charge on any atom is -0.393 e. The van der Waals surface area contributed by atoms with Crippen molar-refractivity contribution < 1.29 is 14.9 Å². The molecule has 0 aromatic rings. The van der Waals surface area contributed by atoms with Gasteiger partial charge in [0.25, 0.3) is 0 Å². The summed E-state index contributed by atoms with van der Waals surface area (Å²) in [6.45, 7) is 3.62. The van der Waals surface area contributed by atoms with Crippen molar-refractivity contribution in [2.24, 2.45) is 0 Å². The van der Waals surface area contributed by atoms with Crippen LogP contribution >= 0.6 is 0 Å². The molecule has 78 valence electrons. The van der Waals surface area contributed by atoms with E-state index in [4.69, 9.17) is 4.74 Å². The van der Waals surface area contributed by atoms with Crippen LogP contribution in [0.25, 0.3) is 0 Å². The van der Waals surface area contributed by atoms with Crippen molar-refractivity contribution in [3.8, 4) is 0 Å². The van der Waals surface area contributed by atoms with E-state index in [0.717, 1.165) is 25.7 Å². The molecule has 1 aliphatic rings. The number of hydrogen-bond donors (Lipinski definition) is 2. The molecule has 2 N–H and O–H groups in total. The number of aliphatic hydroxyl groups excluding tert-OH is 2. The zero-order chi connectivity index (χ0) is 9.84. The molecule has 0 aliphatic heterocycles. The van der Waals surface area contributed by atoms with Gasteiger partial charge in [-0.05, 0) is 39.5 Å². The maximum atomic E-state index is 9.27. The van der Waals surface area contributed by atoms with Crippen molar-refractivity contribution in [1.82, 2.24) is 0 Å². The lowest BCUT2D eigenvalue weighted by molar-refractivity contribution is -0.0826. The molecule has 1 fully saturated rings. The van der Waals surface area contributed by atoms with Crippen molar-refractivity contribution in [2.45, 2.75) is 63.9 Å². The van der Waals surface area contributed by atoms with E-state index in [1.54, 1.807) is 6.92 Å². The van der Waals surface area contributed by atoms with Crippen molar-refractivity contribution in [1.29, 1.82) is 0 Å². The topological polar surface area (TPSA) is 49.7 Å². The van der Waals surface area contributed by atoms with Crippen LogP contribution in [0.15, 0.2) is 0 Å². The van der Waals surface area contributed by atoms with Crippen LogP contribution in [-0.4, -0.2) is 34.6 Å². The van der Waals surface area contributed by atoms with Crippen LogP contribution in [-0.2, 0) is 4.74 Å². The molecule has 1 saturated carbocycles. The van der Waals surface area contributed by atoms with E-state index in [2.05, 4.69) is 0 Å². The van der Waals surface area contributed by atoms with Gasteiger partial charge in [-0.15, -0.1) is 0 Å². The van der Waals surface area contributed by atoms with Crippen LogP contribution in [0, 0.1) is 0 Å². The minimum absolute atomic E-state index is 0.0970. The maximum absolute atomic E-state index is 9.27. The second-order valence-electron chi connectivity index (χ2n) is 4.01. The van der Waals surface area contributed by atoms with Crippen LogP contribution < -0.4 is 0 Å². The zero-order valence-corrected chi connectivity index (χ0v) is 8.44. The first-order valence-corrected chi connectivity index (χ1v) is 5.11. The van der Waals surface area contributed by atoms with Crippen molar-refractivity contribution in [3.05, 3.63) is 0 Å². The molecule has 13 heavy (non-hydrogen) atoms. The minimum atomic E-state index is -0.410. The molecule has 1 rings (SSSR count). The number of hydrogen-bond acceptors (Lipinski definition) is 3. The van der Waals surface area contributed by atoms with Gasteiger partial charge in [0.15, 0.2) is 0 Å². The van der Waals surface area contributed by atoms with Gasteiger partial charge in [0.1, 0.15) is 0 Å². The fourth-order valence-corrected chi connectivity index (χ4v) is 1.60. The summed E-state index contributed by atoms with van der Waals surface area (Å²) in [6, 6.07) is 0. The van der Waals surface area contributed by atoms with Gasteiger partial charge >= 0.3 is 0 Å². The highest BCUT2D eigenvalue weighted by Gasteiger charge is 2.22. The molecule has 0 aromatic carbocycles. The summed E-state index contributed by atoms with van der Waals surface area (Å²) < 4.78 is 5.64. The monoisotopic (exact) mass is 188 g/mol. The third kappa shape index (κ3) is 3.63. The molecule has 0 aromatic heterocycles. The summed E-state index contributed by atoms with van der Waals surface area (Å²) in [5, 5.41) is 18.5. The Balaban J connectivity index is 2.22. The molecule has 2 atom stereocenters. The van der Waals surface area contributed by atoms with Gasteiger partial charge in [-0.25, -0.2) is 0 Å². The second-order valence-corrected chi connectivity index (χ2v) is 4.01. The molecular weight excluding hydrogens is 168 g/mol. The molecule has 0 amide bonds. The quantitative estimate of drug-likeness (QED) is 0.696. The summed E-state index contributed by atoms with van der Waals surface area (Å²) in [7, 11) is 0.